The second kappa shape index (κ2) is 5.51. The van der Waals surface area contributed by atoms with Crippen LogP contribution in [0.4, 0.5) is 5.69 Å². The number of fused-ring (bicyclic) bond motifs is 1. The van der Waals surface area contributed by atoms with Crippen LogP contribution in [0.1, 0.15) is 0 Å². The molecule has 0 bridgehead atoms. The fourth-order valence-corrected chi connectivity index (χ4v) is 2.78. The van der Waals surface area contributed by atoms with Crippen molar-refractivity contribution in [1.82, 2.24) is 4.90 Å². The Bertz CT molecular complexity index is 613. The number of benzene rings is 2. The summed E-state index contributed by atoms with van der Waals surface area (Å²) < 4.78 is 0. The Morgan fingerprint density at radius 2 is 1.70 bits per heavy atom. The van der Waals surface area contributed by atoms with Crippen molar-refractivity contribution in [1.29, 1.82) is 0 Å². The Morgan fingerprint density at radius 3 is 2.45 bits per heavy atom. The van der Waals surface area contributed by atoms with Crippen LogP contribution in [0, 0.1) is 0 Å². The summed E-state index contributed by atoms with van der Waals surface area (Å²) in [6.45, 7) is 2.55. The molecule has 0 saturated carbocycles. The van der Waals surface area contributed by atoms with Gasteiger partial charge in [0, 0.05) is 37.3 Å². The topological polar surface area (TPSA) is 43.8 Å². The Kier molecular flexibility index (Phi) is 3.56. The summed E-state index contributed by atoms with van der Waals surface area (Å²) in [5, 5.41) is 11.4. The molecule has 2 aromatic rings. The van der Waals surface area contributed by atoms with E-state index in [2.05, 4.69) is 41.3 Å². The Balaban J connectivity index is 1.82. The molecule has 0 aromatic heterocycles. The van der Waals surface area contributed by atoms with E-state index in [4.69, 9.17) is 5.11 Å². The SMILES string of the molecule is O=C(CO)N1CCN(c2cccc3ccccc23)CC1. The monoisotopic (exact) mass is 270 g/mol. The molecule has 0 unspecified atom stereocenters. The van der Waals surface area contributed by atoms with Gasteiger partial charge in [-0.3, -0.25) is 4.79 Å². The van der Waals surface area contributed by atoms with Gasteiger partial charge in [0.2, 0.25) is 5.91 Å². The number of anilines is 1. The van der Waals surface area contributed by atoms with E-state index in [0.29, 0.717) is 13.1 Å². The lowest BCUT2D eigenvalue weighted by Crippen LogP contribution is -2.49. The highest BCUT2D eigenvalue weighted by molar-refractivity contribution is 5.94. The molecule has 20 heavy (non-hydrogen) atoms. The third kappa shape index (κ3) is 2.34. The smallest absolute Gasteiger partial charge is 0.248 e. The van der Waals surface area contributed by atoms with Crippen molar-refractivity contribution in [2.24, 2.45) is 0 Å². The zero-order valence-corrected chi connectivity index (χ0v) is 11.3. The van der Waals surface area contributed by atoms with Gasteiger partial charge in [0.05, 0.1) is 0 Å². The number of aliphatic hydroxyl groups is 1. The number of piperazine rings is 1. The number of aliphatic hydroxyl groups excluding tert-OH is 1. The minimum atomic E-state index is -0.395. The zero-order valence-electron chi connectivity index (χ0n) is 11.3. The highest BCUT2D eigenvalue weighted by Gasteiger charge is 2.21. The third-order valence-corrected chi connectivity index (χ3v) is 3.87. The Hall–Kier alpha value is -2.07. The van der Waals surface area contributed by atoms with Gasteiger partial charge in [0.1, 0.15) is 6.61 Å². The van der Waals surface area contributed by atoms with Crippen LogP contribution in [-0.4, -0.2) is 48.7 Å². The number of carbonyl (C=O) groups excluding carboxylic acids is 1. The van der Waals surface area contributed by atoms with Gasteiger partial charge in [-0.2, -0.15) is 0 Å². The first kappa shape index (κ1) is 12.9. The van der Waals surface area contributed by atoms with Crippen LogP contribution >= 0.6 is 0 Å². The van der Waals surface area contributed by atoms with Gasteiger partial charge in [-0.05, 0) is 11.5 Å². The average molecular weight is 270 g/mol. The van der Waals surface area contributed by atoms with Gasteiger partial charge in [0.15, 0.2) is 0 Å². The van der Waals surface area contributed by atoms with Crippen molar-refractivity contribution in [3.8, 4) is 0 Å². The molecule has 1 saturated heterocycles. The van der Waals surface area contributed by atoms with E-state index in [1.165, 1.54) is 16.5 Å². The number of nitrogens with zero attached hydrogens (tertiary/aromatic N) is 2. The highest BCUT2D eigenvalue weighted by atomic mass is 16.3. The second-order valence-electron chi connectivity index (χ2n) is 5.02. The number of rotatable bonds is 2. The first-order valence-corrected chi connectivity index (χ1v) is 6.91. The van der Waals surface area contributed by atoms with E-state index >= 15 is 0 Å². The number of amides is 1. The summed E-state index contributed by atoms with van der Waals surface area (Å²) in [6, 6.07) is 14.7. The third-order valence-electron chi connectivity index (χ3n) is 3.87. The molecule has 1 fully saturated rings. The summed E-state index contributed by atoms with van der Waals surface area (Å²) in [6.07, 6.45) is 0. The molecular weight excluding hydrogens is 252 g/mol. The minimum Gasteiger partial charge on any atom is -0.387 e. The van der Waals surface area contributed by atoms with E-state index in [0.717, 1.165) is 13.1 Å². The molecule has 4 heteroatoms. The van der Waals surface area contributed by atoms with E-state index in [1.807, 2.05) is 6.07 Å². The standard InChI is InChI=1S/C16H18N2O2/c19-12-16(20)18-10-8-17(9-11-18)15-7-3-5-13-4-1-2-6-14(13)15/h1-7,19H,8-12H2. The number of carbonyl (C=O) groups is 1. The van der Waals surface area contributed by atoms with Gasteiger partial charge >= 0.3 is 0 Å². The fourth-order valence-electron chi connectivity index (χ4n) is 2.78. The van der Waals surface area contributed by atoms with Crippen LogP contribution in [0.25, 0.3) is 10.8 Å². The second-order valence-corrected chi connectivity index (χ2v) is 5.02. The molecule has 0 spiro atoms. The highest BCUT2D eigenvalue weighted by Crippen LogP contribution is 2.27. The lowest BCUT2D eigenvalue weighted by atomic mass is 10.1. The summed E-state index contributed by atoms with van der Waals surface area (Å²) in [5.41, 5.74) is 1.22. The predicted octanol–water partition coefficient (Wildman–Crippen LogP) is 1.48. The zero-order chi connectivity index (χ0) is 13.9. The van der Waals surface area contributed by atoms with Crippen molar-refractivity contribution in [2.75, 3.05) is 37.7 Å². The fraction of sp³-hybridized carbons (Fsp3) is 0.312. The first-order valence-electron chi connectivity index (χ1n) is 6.91. The lowest BCUT2D eigenvalue weighted by Gasteiger charge is -2.36. The Labute approximate surface area is 118 Å². The molecule has 2 aromatic carbocycles. The van der Waals surface area contributed by atoms with Crippen LogP contribution in [0.5, 0.6) is 0 Å². The van der Waals surface area contributed by atoms with E-state index in [1.54, 1.807) is 4.90 Å². The molecule has 1 N–H and O–H groups in total. The minimum absolute atomic E-state index is 0.178. The largest absolute Gasteiger partial charge is 0.387 e. The van der Waals surface area contributed by atoms with Gasteiger partial charge in [0.25, 0.3) is 0 Å². The number of hydrogen-bond acceptors (Lipinski definition) is 3. The average Bonchev–Trinajstić information content (AvgIpc) is 2.54. The maximum Gasteiger partial charge on any atom is 0.248 e. The van der Waals surface area contributed by atoms with Crippen molar-refractivity contribution >= 4 is 22.4 Å². The van der Waals surface area contributed by atoms with Gasteiger partial charge in [-0.1, -0.05) is 36.4 Å². The van der Waals surface area contributed by atoms with Crippen LogP contribution < -0.4 is 4.90 Å². The number of hydrogen-bond donors (Lipinski definition) is 1. The lowest BCUT2D eigenvalue weighted by molar-refractivity contribution is -0.134. The summed E-state index contributed by atoms with van der Waals surface area (Å²) >= 11 is 0. The molecule has 0 radical (unpaired) electrons. The van der Waals surface area contributed by atoms with Gasteiger partial charge < -0.3 is 14.9 Å². The molecular formula is C16H18N2O2. The molecule has 1 amide bonds. The quantitative estimate of drug-likeness (QED) is 0.899. The molecule has 0 atom stereocenters. The first-order chi connectivity index (χ1) is 9.79. The predicted molar refractivity (Wildman–Crippen MR) is 79.8 cm³/mol. The maximum absolute atomic E-state index is 11.5. The van der Waals surface area contributed by atoms with Crippen molar-refractivity contribution in [3.05, 3.63) is 42.5 Å². The van der Waals surface area contributed by atoms with E-state index < -0.39 is 6.61 Å². The Morgan fingerprint density at radius 1 is 1.00 bits per heavy atom. The summed E-state index contributed by atoms with van der Waals surface area (Å²) in [5.74, 6) is -0.178. The van der Waals surface area contributed by atoms with Crippen molar-refractivity contribution < 1.29 is 9.90 Å². The van der Waals surface area contributed by atoms with E-state index in [9.17, 15) is 4.79 Å². The normalized spacial score (nSPS) is 15.7. The van der Waals surface area contributed by atoms with Crippen LogP contribution in [-0.2, 0) is 4.79 Å². The summed E-state index contributed by atoms with van der Waals surface area (Å²) in [7, 11) is 0. The van der Waals surface area contributed by atoms with Crippen LogP contribution in [0.2, 0.25) is 0 Å². The molecule has 1 aliphatic heterocycles. The molecule has 0 aliphatic carbocycles. The van der Waals surface area contributed by atoms with Gasteiger partial charge in [-0.25, -0.2) is 0 Å². The molecule has 3 rings (SSSR count). The van der Waals surface area contributed by atoms with Crippen LogP contribution in [0.3, 0.4) is 0 Å². The molecule has 4 nitrogen and oxygen atoms in total. The van der Waals surface area contributed by atoms with Crippen molar-refractivity contribution in [2.45, 2.75) is 0 Å². The molecule has 1 aliphatic rings. The van der Waals surface area contributed by atoms with Crippen molar-refractivity contribution in [3.63, 3.8) is 0 Å². The molecule has 1 heterocycles. The maximum atomic E-state index is 11.5. The van der Waals surface area contributed by atoms with Gasteiger partial charge in [-0.15, -0.1) is 0 Å². The van der Waals surface area contributed by atoms with E-state index in [-0.39, 0.29) is 5.91 Å². The van der Waals surface area contributed by atoms with Crippen LogP contribution in [0.15, 0.2) is 42.5 Å². The molecule has 104 valence electrons. The summed E-state index contributed by atoms with van der Waals surface area (Å²) in [4.78, 5) is 15.5.